The van der Waals surface area contributed by atoms with Crippen molar-refractivity contribution in [2.45, 2.75) is 64.6 Å². The molecular weight excluding hydrogens is 176 g/mol. The fraction of sp³-hybridized carbons (Fsp3) is 1.00. The van der Waals surface area contributed by atoms with Gasteiger partial charge >= 0.3 is 0 Å². The van der Waals surface area contributed by atoms with Crippen LogP contribution in [0.4, 0.5) is 0 Å². The van der Waals surface area contributed by atoms with Crippen molar-refractivity contribution < 1.29 is 9.84 Å². The van der Waals surface area contributed by atoms with Crippen molar-refractivity contribution in [1.82, 2.24) is 0 Å². The van der Waals surface area contributed by atoms with E-state index in [0.29, 0.717) is 12.0 Å². The van der Waals surface area contributed by atoms with Crippen LogP contribution in [0.25, 0.3) is 0 Å². The van der Waals surface area contributed by atoms with Gasteiger partial charge in [-0.25, -0.2) is 0 Å². The van der Waals surface area contributed by atoms with Crippen LogP contribution in [0, 0.1) is 5.92 Å². The molecule has 0 aliphatic heterocycles. The Hall–Kier alpha value is -0.0800. The van der Waals surface area contributed by atoms with E-state index in [1.165, 1.54) is 12.8 Å². The molecule has 1 saturated carbocycles. The molecule has 1 fully saturated rings. The first kappa shape index (κ1) is 12.0. The second kappa shape index (κ2) is 6.41. The summed E-state index contributed by atoms with van der Waals surface area (Å²) in [5, 5.41) is 9.47. The molecule has 1 rings (SSSR count). The molecule has 3 unspecified atom stereocenters. The molecule has 2 nitrogen and oxygen atoms in total. The van der Waals surface area contributed by atoms with Gasteiger partial charge in [-0.15, -0.1) is 0 Å². The van der Waals surface area contributed by atoms with Gasteiger partial charge in [-0.1, -0.05) is 20.3 Å². The molecule has 0 radical (unpaired) electrons. The molecule has 2 heteroatoms. The van der Waals surface area contributed by atoms with Crippen molar-refractivity contribution in [3.63, 3.8) is 0 Å². The van der Waals surface area contributed by atoms with Crippen molar-refractivity contribution in [2.75, 3.05) is 6.61 Å². The zero-order valence-corrected chi connectivity index (χ0v) is 9.54. The monoisotopic (exact) mass is 200 g/mol. The van der Waals surface area contributed by atoms with E-state index in [2.05, 4.69) is 13.8 Å². The first-order valence-corrected chi connectivity index (χ1v) is 6.02. The third-order valence-corrected chi connectivity index (χ3v) is 3.00. The molecule has 1 N–H and O–H groups in total. The third-order valence-electron chi connectivity index (χ3n) is 3.00. The SMILES string of the molecule is CCCC(C)COC1CCCC(O)C1. The molecule has 14 heavy (non-hydrogen) atoms. The van der Waals surface area contributed by atoms with Gasteiger partial charge in [-0.05, 0) is 38.0 Å². The van der Waals surface area contributed by atoms with Crippen LogP contribution in [-0.4, -0.2) is 23.9 Å². The van der Waals surface area contributed by atoms with Gasteiger partial charge in [0.1, 0.15) is 0 Å². The van der Waals surface area contributed by atoms with Crippen molar-refractivity contribution in [3.8, 4) is 0 Å². The summed E-state index contributed by atoms with van der Waals surface area (Å²) in [6.07, 6.45) is 6.74. The Balaban J connectivity index is 2.10. The third kappa shape index (κ3) is 4.43. The zero-order valence-electron chi connectivity index (χ0n) is 9.54. The molecule has 0 saturated heterocycles. The lowest BCUT2D eigenvalue weighted by Gasteiger charge is -2.27. The maximum absolute atomic E-state index is 9.47. The van der Waals surface area contributed by atoms with E-state index in [0.717, 1.165) is 32.3 Å². The summed E-state index contributed by atoms with van der Waals surface area (Å²) in [5.74, 6) is 0.666. The lowest BCUT2D eigenvalue weighted by Crippen LogP contribution is -2.27. The Morgan fingerprint density at radius 2 is 2.21 bits per heavy atom. The minimum Gasteiger partial charge on any atom is -0.393 e. The fourth-order valence-electron chi connectivity index (χ4n) is 2.15. The van der Waals surface area contributed by atoms with E-state index in [1.807, 2.05) is 0 Å². The molecule has 1 aliphatic carbocycles. The molecule has 0 bridgehead atoms. The van der Waals surface area contributed by atoms with E-state index in [1.54, 1.807) is 0 Å². The molecule has 0 amide bonds. The summed E-state index contributed by atoms with van der Waals surface area (Å²) >= 11 is 0. The first-order chi connectivity index (χ1) is 6.72. The van der Waals surface area contributed by atoms with E-state index < -0.39 is 0 Å². The van der Waals surface area contributed by atoms with Crippen LogP contribution in [0.5, 0.6) is 0 Å². The van der Waals surface area contributed by atoms with Gasteiger partial charge in [-0.2, -0.15) is 0 Å². The topological polar surface area (TPSA) is 29.5 Å². The van der Waals surface area contributed by atoms with Gasteiger partial charge in [0.05, 0.1) is 12.2 Å². The van der Waals surface area contributed by atoms with E-state index >= 15 is 0 Å². The number of ether oxygens (including phenoxy) is 1. The van der Waals surface area contributed by atoms with Crippen LogP contribution in [0.2, 0.25) is 0 Å². The van der Waals surface area contributed by atoms with Gasteiger partial charge in [0, 0.05) is 6.61 Å². The maximum Gasteiger partial charge on any atom is 0.0599 e. The van der Waals surface area contributed by atoms with Crippen LogP contribution in [-0.2, 0) is 4.74 Å². The highest BCUT2D eigenvalue weighted by molar-refractivity contribution is 4.72. The molecule has 0 aromatic heterocycles. The number of hydrogen-bond acceptors (Lipinski definition) is 2. The average molecular weight is 200 g/mol. The van der Waals surface area contributed by atoms with Crippen LogP contribution in [0.3, 0.4) is 0 Å². The van der Waals surface area contributed by atoms with Crippen LogP contribution < -0.4 is 0 Å². The summed E-state index contributed by atoms with van der Waals surface area (Å²) in [4.78, 5) is 0. The minimum absolute atomic E-state index is 0.116. The minimum atomic E-state index is -0.116. The standard InChI is InChI=1S/C12H24O2/c1-3-5-10(2)9-14-12-7-4-6-11(13)8-12/h10-13H,3-9H2,1-2H3. The molecule has 3 atom stereocenters. The van der Waals surface area contributed by atoms with Crippen LogP contribution >= 0.6 is 0 Å². The summed E-state index contributed by atoms with van der Waals surface area (Å²) in [6.45, 7) is 5.31. The lowest BCUT2D eigenvalue weighted by molar-refractivity contribution is -0.0266. The molecule has 0 spiro atoms. The Morgan fingerprint density at radius 3 is 2.86 bits per heavy atom. The lowest BCUT2D eigenvalue weighted by atomic mass is 9.95. The van der Waals surface area contributed by atoms with Gasteiger partial charge < -0.3 is 9.84 Å². The largest absolute Gasteiger partial charge is 0.393 e. The van der Waals surface area contributed by atoms with E-state index in [4.69, 9.17) is 4.74 Å². The number of aliphatic hydroxyl groups is 1. The predicted molar refractivity (Wildman–Crippen MR) is 58.3 cm³/mol. The van der Waals surface area contributed by atoms with Gasteiger partial charge in [0.2, 0.25) is 0 Å². The Bertz CT molecular complexity index is 147. The van der Waals surface area contributed by atoms with E-state index in [9.17, 15) is 5.11 Å². The Morgan fingerprint density at radius 1 is 1.43 bits per heavy atom. The predicted octanol–water partition coefficient (Wildman–Crippen LogP) is 2.74. The average Bonchev–Trinajstić information content (AvgIpc) is 2.15. The van der Waals surface area contributed by atoms with Gasteiger partial charge in [-0.3, -0.25) is 0 Å². The Labute approximate surface area is 87.7 Å². The summed E-state index contributed by atoms with van der Waals surface area (Å²) < 4.78 is 5.81. The summed E-state index contributed by atoms with van der Waals surface area (Å²) in [6, 6.07) is 0. The second-order valence-electron chi connectivity index (χ2n) is 4.67. The molecule has 1 aliphatic rings. The van der Waals surface area contributed by atoms with Crippen LogP contribution in [0.1, 0.15) is 52.4 Å². The highest BCUT2D eigenvalue weighted by Crippen LogP contribution is 2.21. The highest BCUT2D eigenvalue weighted by Gasteiger charge is 2.20. The van der Waals surface area contributed by atoms with Gasteiger partial charge in [0.15, 0.2) is 0 Å². The maximum atomic E-state index is 9.47. The molecule has 84 valence electrons. The number of aliphatic hydroxyl groups excluding tert-OH is 1. The first-order valence-electron chi connectivity index (χ1n) is 6.02. The molecular formula is C12H24O2. The van der Waals surface area contributed by atoms with Crippen molar-refractivity contribution in [3.05, 3.63) is 0 Å². The quantitative estimate of drug-likeness (QED) is 0.739. The highest BCUT2D eigenvalue weighted by atomic mass is 16.5. The van der Waals surface area contributed by atoms with Crippen molar-refractivity contribution in [1.29, 1.82) is 0 Å². The summed E-state index contributed by atoms with van der Waals surface area (Å²) in [7, 11) is 0. The second-order valence-corrected chi connectivity index (χ2v) is 4.67. The van der Waals surface area contributed by atoms with Crippen molar-refractivity contribution >= 4 is 0 Å². The smallest absolute Gasteiger partial charge is 0.0599 e. The number of hydrogen-bond donors (Lipinski definition) is 1. The van der Waals surface area contributed by atoms with E-state index in [-0.39, 0.29) is 6.10 Å². The fourth-order valence-corrected chi connectivity index (χ4v) is 2.15. The zero-order chi connectivity index (χ0) is 10.4. The normalized spacial score (nSPS) is 30.2. The summed E-state index contributed by atoms with van der Waals surface area (Å²) in [5.41, 5.74) is 0. The molecule has 0 aromatic rings. The molecule has 0 heterocycles. The molecule has 0 aromatic carbocycles. The Kier molecular flexibility index (Phi) is 5.49. The van der Waals surface area contributed by atoms with Gasteiger partial charge in [0.25, 0.3) is 0 Å². The van der Waals surface area contributed by atoms with Crippen LogP contribution in [0.15, 0.2) is 0 Å². The van der Waals surface area contributed by atoms with Crippen molar-refractivity contribution in [2.24, 2.45) is 5.92 Å². The number of rotatable bonds is 5.